The first kappa shape index (κ1) is 21.3. The predicted molar refractivity (Wildman–Crippen MR) is 106 cm³/mol. The Morgan fingerprint density at radius 2 is 1.22 bits per heavy atom. The van der Waals surface area contributed by atoms with Crippen molar-refractivity contribution in [2.24, 2.45) is 0 Å². The van der Waals surface area contributed by atoms with E-state index in [-0.39, 0.29) is 0 Å². The summed E-state index contributed by atoms with van der Waals surface area (Å²) in [6.07, 6.45) is 11.3. The lowest BCUT2D eigenvalue weighted by Gasteiger charge is -2.07. The van der Waals surface area contributed by atoms with Crippen molar-refractivity contribution in [3.05, 3.63) is 35.9 Å². The molecule has 0 radical (unpaired) electrons. The first-order chi connectivity index (χ1) is 11.1. The van der Waals surface area contributed by atoms with E-state index in [1.54, 1.807) is 0 Å². The molecule has 0 unspecified atom stereocenters. The van der Waals surface area contributed by atoms with E-state index < -0.39 is 6.00 Å². The summed E-state index contributed by atoms with van der Waals surface area (Å²) in [4.78, 5) is 0. The molecule has 0 N–H and O–H groups in total. The molecule has 0 spiro atoms. The second-order valence-corrected chi connectivity index (χ2v) is 15.4. The van der Waals surface area contributed by atoms with Crippen LogP contribution < -0.4 is 0 Å². The molecule has 0 bridgehead atoms. The Morgan fingerprint density at radius 3 is 1.78 bits per heavy atom. The van der Waals surface area contributed by atoms with Crippen molar-refractivity contribution in [2.75, 3.05) is 6.61 Å². The Balaban J connectivity index is 1.76. The van der Waals surface area contributed by atoms with Crippen molar-refractivity contribution >= 4 is 39.2 Å². The zero-order chi connectivity index (χ0) is 16.8. The van der Waals surface area contributed by atoms with Crippen LogP contribution in [0.3, 0.4) is 0 Å². The molecule has 0 saturated carbocycles. The molecule has 1 aromatic carbocycles. The molecule has 1 rings (SSSR count). The predicted octanol–water partition coefficient (Wildman–Crippen LogP) is 7.37. The maximum Gasteiger partial charge on any atom is 0.341 e. The molecule has 132 valence electrons. The maximum absolute atomic E-state index is 5.86. The molecule has 5 heteroatoms. The highest BCUT2D eigenvalue weighted by Gasteiger charge is 2.23. The number of hydrogen-bond donors (Lipinski definition) is 0. The Morgan fingerprint density at radius 1 is 0.696 bits per heavy atom. The van der Waals surface area contributed by atoms with Crippen LogP contribution in [0.25, 0.3) is 0 Å². The van der Waals surface area contributed by atoms with Gasteiger partial charge in [-0.3, -0.25) is 0 Å². The average Bonchev–Trinajstić information content (AvgIpc) is 2.52. The molecule has 0 saturated heterocycles. The third kappa shape index (κ3) is 14.3. The molecule has 1 aromatic rings. The molecule has 0 fully saturated rings. The highest BCUT2D eigenvalue weighted by Crippen LogP contribution is 2.27. The minimum absolute atomic E-state index is 0.734. The standard InChI is InChI=1S/C18H29Cl3OSi/c19-23(20,21)16-12-7-5-3-1-2-4-6-11-15-22-17-18-13-9-8-10-14-18/h8-10,13-14H,1-7,11-12,15-17H2. The fourth-order valence-electron chi connectivity index (χ4n) is 2.53. The van der Waals surface area contributed by atoms with Gasteiger partial charge in [0.1, 0.15) is 0 Å². The lowest BCUT2D eigenvalue weighted by atomic mass is 10.1. The van der Waals surface area contributed by atoms with Crippen molar-refractivity contribution in [3.8, 4) is 0 Å². The van der Waals surface area contributed by atoms with Gasteiger partial charge in [-0.05, 0) is 18.0 Å². The Hall–Kier alpha value is 0.267. The smallest absolute Gasteiger partial charge is 0.341 e. The second-order valence-electron chi connectivity index (χ2n) is 6.09. The molecule has 1 nitrogen and oxygen atoms in total. The lowest BCUT2D eigenvalue weighted by Crippen LogP contribution is -2.07. The molecule has 0 amide bonds. The van der Waals surface area contributed by atoms with E-state index in [1.165, 1.54) is 56.9 Å². The zero-order valence-corrected chi connectivity index (χ0v) is 17.2. The number of ether oxygens (including phenoxy) is 1. The third-order valence-electron chi connectivity index (χ3n) is 3.86. The first-order valence-electron chi connectivity index (χ1n) is 8.76. The maximum atomic E-state index is 5.86. The molecule has 0 aliphatic rings. The number of hydrogen-bond acceptors (Lipinski definition) is 1. The molecule has 0 aliphatic carbocycles. The fraction of sp³-hybridized carbons (Fsp3) is 0.667. The van der Waals surface area contributed by atoms with Gasteiger partial charge in [-0.1, -0.05) is 81.7 Å². The van der Waals surface area contributed by atoms with Crippen molar-refractivity contribution in [1.82, 2.24) is 0 Å². The summed E-state index contributed by atoms with van der Waals surface area (Å²) in [7, 11) is 0. The van der Waals surface area contributed by atoms with Gasteiger partial charge in [-0.2, -0.15) is 0 Å². The largest absolute Gasteiger partial charge is 0.377 e. The molecule has 0 aromatic heterocycles. The Labute approximate surface area is 156 Å². The van der Waals surface area contributed by atoms with Gasteiger partial charge in [0, 0.05) is 6.61 Å². The van der Waals surface area contributed by atoms with Crippen molar-refractivity contribution in [3.63, 3.8) is 0 Å². The summed E-state index contributed by atoms with van der Waals surface area (Å²) in [6.45, 7) is 1.60. The Kier molecular flexibility index (Phi) is 12.6. The quantitative estimate of drug-likeness (QED) is 0.181. The van der Waals surface area contributed by atoms with Crippen LogP contribution in [0.5, 0.6) is 0 Å². The van der Waals surface area contributed by atoms with Crippen LogP contribution in [0.1, 0.15) is 63.4 Å². The number of rotatable bonds is 14. The SMILES string of the molecule is Cl[Si](Cl)(Cl)CCCCCCCCCCCOCc1ccccc1. The normalized spacial score (nSPS) is 11.8. The highest BCUT2D eigenvalue weighted by atomic mass is 35.8. The van der Waals surface area contributed by atoms with Gasteiger partial charge >= 0.3 is 6.00 Å². The van der Waals surface area contributed by atoms with Crippen LogP contribution in [-0.2, 0) is 11.3 Å². The van der Waals surface area contributed by atoms with E-state index >= 15 is 0 Å². The van der Waals surface area contributed by atoms with Gasteiger partial charge in [0.15, 0.2) is 0 Å². The first-order valence-corrected chi connectivity index (χ1v) is 14.0. The van der Waals surface area contributed by atoms with Crippen LogP contribution >= 0.6 is 33.2 Å². The van der Waals surface area contributed by atoms with Gasteiger partial charge in [0.25, 0.3) is 0 Å². The monoisotopic (exact) mass is 394 g/mol. The third-order valence-corrected chi connectivity index (χ3v) is 6.48. The summed E-state index contributed by atoms with van der Waals surface area (Å²) >= 11 is 17.6. The van der Waals surface area contributed by atoms with Gasteiger partial charge in [0.05, 0.1) is 6.61 Å². The number of benzene rings is 1. The van der Waals surface area contributed by atoms with Crippen molar-refractivity contribution in [1.29, 1.82) is 0 Å². The van der Waals surface area contributed by atoms with E-state index in [1.807, 2.05) is 6.07 Å². The van der Waals surface area contributed by atoms with E-state index in [4.69, 9.17) is 38.0 Å². The van der Waals surface area contributed by atoms with Crippen LogP contribution in [0.4, 0.5) is 0 Å². The molecule has 23 heavy (non-hydrogen) atoms. The summed E-state index contributed by atoms with van der Waals surface area (Å²) < 4.78 is 5.69. The number of halogens is 3. The van der Waals surface area contributed by atoms with Gasteiger partial charge in [-0.15, -0.1) is 33.2 Å². The van der Waals surface area contributed by atoms with Crippen molar-refractivity contribution < 1.29 is 4.74 Å². The van der Waals surface area contributed by atoms with Gasteiger partial charge in [-0.25, -0.2) is 0 Å². The summed E-state index contributed by atoms with van der Waals surface area (Å²) in [5, 5.41) is 0. The van der Waals surface area contributed by atoms with E-state index in [0.717, 1.165) is 25.7 Å². The summed E-state index contributed by atoms with van der Waals surface area (Å²) in [5.41, 5.74) is 1.25. The van der Waals surface area contributed by atoms with E-state index in [2.05, 4.69) is 24.3 Å². The summed E-state index contributed by atoms with van der Waals surface area (Å²) in [6, 6.07) is 8.79. The van der Waals surface area contributed by atoms with Crippen LogP contribution in [-0.4, -0.2) is 12.6 Å². The summed E-state index contributed by atoms with van der Waals surface area (Å²) in [5.74, 6) is 0. The molecular formula is C18H29Cl3OSi. The Bertz CT molecular complexity index is 382. The zero-order valence-electron chi connectivity index (χ0n) is 13.9. The van der Waals surface area contributed by atoms with Gasteiger partial charge in [0.2, 0.25) is 0 Å². The highest BCUT2D eigenvalue weighted by molar-refractivity contribution is 7.64. The van der Waals surface area contributed by atoms with Crippen molar-refractivity contribution in [2.45, 2.75) is 70.4 Å². The van der Waals surface area contributed by atoms with Crippen LogP contribution in [0, 0.1) is 0 Å². The van der Waals surface area contributed by atoms with Crippen LogP contribution in [0.2, 0.25) is 6.04 Å². The molecular weight excluding hydrogens is 367 g/mol. The topological polar surface area (TPSA) is 9.23 Å². The van der Waals surface area contributed by atoms with Gasteiger partial charge < -0.3 is 4.74 Å². The molecule has 0 aliphatic heterocycles. The molecule has 0 atom stereocenters. The lowest BCUT2D eigenvalue weighted by molar-refractivity contribution is 0.116. The van der Waals surface area contributed by atoms with E-state index in [9.17, 15) is 0 Å². The minimum atomic E-state index is -2.37. The minimum Gasteiger partial charge on any atom is -0.377 e. The molecule has 0 heterocycles. The van der Waals surface area contributed by atoms with Crippen LogP contribution in [0.15, 0.2) is 30.3 Å². The fourth-order valence-corrected chi connectivity index (χ4v) is 4.38. The average molecular weight is 396 g/mol. The second kappa shape index (κ2) is 13.5. The van der Waals surface area contributed by atoms with E-state index in [0.29, 0.717) is 0 Å². The number of unbranched alkanes of at least 4 members (excludes halogenated alkanes) is 8.